The highest BCUT2D eigenvalue weighted by Crippen LogP contribution is 2.24. The van der Waals surface area contributed by atoms with E-state index in [1.165, 1.54) is 11.3 Å². The van der Waals surface area contributed by atoms with Crippen LogP contribution in [0.25, 0.3) is 0 Å². The zero-order valence-electron chi connectivity index (χ0n) is 8.95. The van der Waals surface area contributed by atoms with Gasteiger partial charge in [0.05, 0.1) is 9.21 Å². The summed E-state index contributed by atoms with van der Waals surface area (Å²) in [7, 11) is 0. The average Bonchev–Trinajstić information content (AvgIpc) is 2.64. The lowest BCUT2D eigenvalue weighted by atomic mass is 10.1. The van der Waals surface area contributed by atoms with Crippen molar-refractivity contribution >= 4 is 28.7 Å². The zero-order chi connectivity index (χ0) is 11.7. The third kappa shape index (κ3) is 2.15. The Hall–Kier alpha value is -1.19. The van der Waals surface area contributed by atoms with Crippen LogP contribution in [0.4, 0.5) is 0 Å². The van der Waals surface area contributed by atoms with Gasteiger partial charge in [0.25, 0.3) is 0 Å². The number of thiophene rings is 1. The minimum atomic E-state index is -0.0607. The van der Waals surface area contributed by atoms with Crippen molar-refractivity contribution in [3.63, 3.8) is 0 Å². The Labute approximate surface area is 103 Å². The minimum absolute atomic E-state index is 0.0607. The standard InChI is InChI=1S/C12H10ClNOS/c1-7-5-8(2)11(14-6-7)12(15)9-3-4-10(13)16-9/h3-6H,1-2H3. The SMILES string of the molecule is Cc1cnc(C(=O)c2ccc(Cl)s2)c(C)c1. The summed E-state index contributed by atoms with van der Waals surface area (Å²) in [6.45, 7) is 3.85. The fraction of sp³-hybridized carbons (Fsp3) is 0.167. The molecule has 16 heavy (non-hydrogen) atoms. The second-order valence-corrected chi connectivity index (χ2v) is 5.33. The summed E-state index contributed by atoms with van der Waals surface area (Å²) < 4.78 is 0.619. The predicted octanol–water partition coefficient (Wildman–Crippen LogP) is 3.64. The Morgan fingerprint density at radius 3 is 2.69 bits per heavy atom. The number of pyridine rings is 1. The molecule has 0 N–H and O–H groups in total. The maximum absolute atomic E-state index is 12.1. The van der Waals surface area contributed by atoms with E-state index < -0.39 is 0 Å². The smallest absolute Gasteiger partial charge is 0.221 e. The lowest BCUT2D eigenvalue weighted by Crippen LogP contribution is -2.04. The first-order chi connectivity index (χ1) is 7.58. The van der Waals surface area contributed by atoms with Crippen LogP contribution in [-0.4, -0.2) is 10.8 Å². The molecule has 0 aromatic carbocycles. The molecule has 0 fully saturated rings. The molecule has 0 unspecified atom stereocenters. The molecule has 2 nitrogen and oxygen atoms in total. The molecule has 82 valence electrons. The Morgan fingerprint density at radius 1 is 1.38 bits per heavy atom. The molecule has 0 amide bonds. The first-order valence-corrected chi connectivity index (χ1v) is 6.00. The maximum Gasteiger partial charge on any atom is 0.221 e. The molecule has 2 heterocycles. The number of rotatable bonds is 2. The highest BCUT2D eigenvalue weighted by Gasteiger charge is 2.15. The summed E-state index contributed by atoms with van der Waals surface area (Å²) in [6, 6.07) is 5.41. The molecule has 0 atom stereocenters. The van der Waals surface area contributed by atoms with Crippen molar-refractivity contribution in [3.8, 4) is 0 Å². The van der Waals surface area contributed by atoms with Crippen LogP contribution in [-0.2, 0) is 0 Å². The molecule has 2 aromatic heterocycles. The van der Waals surface area contributed by atoms with Crippen LogP contribution in [0, 0.1) is 13.8 Å². The molecular formula is C12H10ClNOS. The second kappa shape index (κ2) is 4.36. The Kier molecular flexibility index (Phi) is 3.08. The molecule has 0 aliphatic heterocycles. The monoisotopic (exact) mass is 251 g/mol. The van der Waals surface area contributed by atoms with E-state index in [9.17, 15) is 4.79 Å². The topological polar surface area (TPSA) is 30.0 Å². The van der Waals surface area contributed by atoms with Gasteiger partial charge in [0.1, 0.15) is 5.69 Å². The second-order valence-electron chi connectivity index (χ2n) is 3.61. The van der Waals surface area contributed by atoms with E-state index in [4.69, 9.17) is 11.6 Å². The highest BCUT2D eigenvalue weighted by atomic mass is 35.5. The summed E-state index contributed by atoms with van der Waals surface area (Å²) in [4.78, 5) is 16.9. The molecule has 4 heteroatoms. The molecule has 0 saturated heterocycles. The molecular weight excluding hydrogens is 242 g/mol. The van der Waals surface area contributed by atoms with Crippen molar-refractivity contribution in [3.05, 3.63) is 50.4 Å². The quantitative estimate of drug-likeness (QED) is 0.763. The van der Waals surface area contributed by atoms with Gasteiger partial charge < -0.3 is 0 Å². The van der Waals surface area contributed by atoms with Crippen LogP contribution in [0.15, 0.2) is 24.4 Å². The maximum atomic E-state index is 12.1. The van der Waals surface area contributed by atoms with Crippen LogP contribution >= 0.6 is 22.9 Å². The van der Waals surface area contributed by atoms with Crippen molar-refractivity contribution in [2.45, 2.75) is 13.8 Å². The van der Waals surface area contributed by atoms with Gasteiger partial charge in [-0.3, -0.25) is 9.78 Å². The molecule has 0 bridgehead atoms. The fourth-order valence-electron chi connectivity index (χ4n) is 1.51. The van der Waals surface area contributed by atoms with E-state index in [1.807, 2.05) is 19.9 Å². The summed E-state index contributed by atoms with van der Waals surface area (Å²) in [6.07, 6.45) is 1.70. The van der Waals surface area contributed by atoms with Crippen molar-refractivity contribution in [2.75, 3.05) is 0 Å². The summed E-state index contributed by atoms with van der Waals surface area (Å²) in [5.41, 5.74) is 2.46. The molecule has 2 aromatic rings. The molecule has 0 saturated carbocycles. The van der Waals surface area contributed by atoms with Gasteiger partial charge in [0.15, 0.2) is 0 Å². The van der Waals surface area contributed by atoms with Crippen molar-refractivity contribution < 1.29 is 4.79 Å². The number of hydrogen-bond acceptors (Lipinski definition) is 3. The average molecular weight is 252 g/mol. The first kappa shape index (κ1) is 11.3. The number of aromatic nitrogens is 1. The summed E-state index contributed by atoms with van der Waals surface area (Å²) >= 11 is 7.08. The normalized spacial score (nSPS) is 10.4. The van der Waals surface area contributed by atoms with Crippen LogP contribution in [0.3, 0.4) is 0 Å². The predicted molar refractivity (Wildman–Crippen MR) is 66.5 cm³/mol. The number of ketones is 1. The van der Waals surface area contributed by atoms with E-state index in [2.05, 4.69) is 4.98 Å². The van der Waals surface area contributed by atoms with Gasteiger partial charge in [-0.1, -0.05) is 17.7 Å². The van der Waals surface area contributed by atoms with E-state index in [-0.39, 0.29) is 5.78 Å². The number of hydrogen-bond donors (Lipinski definition) is 0. The van der Waals surface area contributed by atoms with E-state index in [0.717, 1.165) is 11.1 Å². The zero-order valence-corrected chi connectivity index (χ0v) is 10.5. The minimum Gasteiger partial charge on any atom is -0.286 e. The lowest BCUT2D eigenvalue weighted by molar-refractivity contribution is 0.103. The van der Waals surface area contributed by atoms with Crippen molar-refractivity contribution in [1.29, 1.82) is 0 Å². The third-order valence-electron chi connectivity index (χ3n) is 2.23. The first-order valence-electron chi connectivity index (χ1n) is 4.81. The van der Waals surface area contributed by atoms with E-state index in [0.29, 0.717) is 14.9 Å². The number of carbonyl (C=O) groups excluding carboxylic acids is 1. The largest absolute Gasteiger partial charge is 0.286 e. The highest BCUT2D eigenvalue weighted by molar-refractivity contribution is 7.18. The van der Waals surface area contributed by atoms with Crippen molar-refractivity contribution in [2.24, 2.45) is 0 Å². The third-order valence-corrected chi connectivity index (χ3v) is 3.46. The molecule has 0 spiro atoms. The Balaban J connectivity index is 2.41. The molecule has 0 aliphatic carbocycles. The van der Waals surface area contributed by atoms with E-state index >= 15 is 0 Å². The van der Waals surface area contributed by atoms with Crippen molar-refractivity contribution in [1.82, 2.24) is 4.98 Å². The lowest BCUT2D eigenvalue weighted by Gasteiger charge is -2.02. The van der Waals surface area contributed by atoms with Crippen LogP contribution < -0.4 is 0 Å². The van der Waals surface area contributed by atoms with Gasteiger partial charge >= 0.3 is 0 Å². The number of carbonyl (C=O) groups is 1. The van der Waals surface area contributed by atoms with Gasteiger partial charge in [-0.05, 0) is 37.1 Å². The molecule has 0 radical (unpaired) electrons. The number of halogens is 1. The van der Waals surface area contributed by atoms with Gasteiger partial charge in [0, 0.05) is 6.20 Å². The van der Waals surface area contributed by atoms with Gasteiger partial charge in [-0.15, -0.1) is 11.3 Å². The molecule has 2 rings (SSSR count). The fourth-order valence-corrected chi connectivity index (χ4v) is 2.49. The van der Waals surface area contributed by atoms with Gasteiger partial charge in [-0.2, -0.15) is 0 Å². The van der Waals surface area contributed by atoms with Crippen LogP contribution in [0.5, 0.6) is 0 Å². The Bertz CT molecular complexity index is 548. The van der Waals surface area contributed by atoms with Crippen LogP contribution in [0.2, 0.25) is 4.34 Å². The Morgan fingerprint density at radius 2 is 2.12 bits per heavy atom. The van der Waals surface area contributed by atoms with Gasteiger partial charge in [0.2, 0.25) is 5.78 Å². The van der Waals surface area contributed by atoms with E-state index in [1.54, 1.807) is 18.3 Å². The number of aryl methyl sites for hydroxylation is 2. The summed E-state index contributed by atoms with van der Waals surface area (Å²) in [5, 5.41) is 0. The summed E-state index contributed by atoms with van der Waals surface area (Å²) in [5.74, 6) is -0.0607. The van der Waals surface area contributed by atoms with Crippen LogP contribution in [0.1, 0.15) is 26.5 Å². The van der Waals surface area contributed by atoms with Gasteiger partial charge in [-0.25, -0.2) is 0 Å². The number of nitrogens with zero attached hydrogens (tertiary/aromatic N) is 1. The molecule has 0 aliphatic rings.